The fourth-order valence-electron chi connectivity index (χ4n) is 3.65. The Morgan fingerprint density at radius 1 is 1.27 bits per heavy atom. The van der Waals surface area contributed by atoms with Gasteiger partial charge in [-0.3, -0.25) is 9.69 Å². The van der Waals surface area contributed by atoms with Crippen molar-refractivity contribution in [3.63, 3.8) is 0 Å². The Hall–Kier alpha value is -2.12. The molecule has 0 spiro atoms. The van der Waals surface area contributed by atoms with Crippen LogP contribution in [0.2, 0.25) is 0 Å². The van der Waals surface area contributed by atoms with Gasteiger partial charge in [0.05, 0.1) is 31.9 Å². The van der Waals surface area contributed by atoms with E-state index in [1.165, 1.54) is 5.56 Å². The Bertz CT molecular complexity index is 761. The highest BCUT2D eigenvalue weighted by molar-refractivity contribution is 5.93. The maximum atomic E-state index is 12.7. The van der Waals surface area contributed by atoms with Gasteiger partial charge in [-0.15, -0.1) is 0 Å². The maximum absolute atomic E-state index is 12.7. The Morgan fingerprint density at radius 2 is 2.08 bits per heavy atom. The fourth-order valence-corrected chi connectivity index (χ4v) is 3.65. The number of rotatable bonds is 5. The van der Waals surface area contributed by atoms with Gasteiger partial charge in [0.25, 0.3) is 5.91 Å². The van der Waals surface area contributed by atoms with E-state index in [9.17, 15) is 4.79 Å². The second kappa shape index (κ2) is 7.63. The lowest BCUT2D eigenvalue weighted by atomic mass is 9.96. The van der Waals surface area contributed by atoms with E-state index in [4.69, 9.17) is 13.7 Å². The average molecular weight is 359 g/mol. The van der Waals surface area contributed by atoms with E-state index in [2.05, 4.69) is 10.1 Å². The molecule has 0 radical (unpaired) electrons. The summed E-state index contributed by atoms with van der Waals surface area (Å²) < 4.78 is 16.4. The third-order valence-corrected chi connectivity index (χ3v) is 5.15. The van der Waals surface area contributed by atoms with E-state index in [0.29, 0.717) is 18.7 Å². The number of furan rings is 1. The van der Waals surface area contributed by atoms with Gasteiger partial charge in [-0.05, 0) is 25.3 Å². The second-order valence-corrected chi connectivity index (χ2v) is 7.09. The van der Waals surface area contributed by atoms with Crippen LogP contribution in [0.4, 0.5) is 0 Å². The summed E-state index contributed by atoms with van der Waals surface area (Å²) in [6, 6.07) is 1.84. The molecule has 1 aliphatic carbocycles. The van der Waals surface area contributed by atoms with E-state index in [1.807, 2.05) is 6.07 Å². The summed E-state index contributed by atoms with van der Waals surface area (Å²) in [7, 11) is 1.79. The van der Waals surface area contributed by atoms with Crippen molar-refractivity contribution < 1.29 is 18.5 Å². The number of morpholine rings is 1. The van der Waals surface area contributed by atoms with Crippen LogP contribution in [0.5, 0.6) is 0 Å². The Morgan fingerprint density at radius 3 is 2.92 bits per heavy atom. The largest absolute Gasteiger partial charge is 0.467 e. The molecule has 7 nitrogen and oxygen atoms in total. The molecule has 2 aromatic heterocycles. The quantitative estimate of drug-likeness (QED) is 0.815. The number of nitrogens with zero attached hydrogens (tertiary/aromatic N) is 3. The van der Waals surface area contributed by atoms with Crippen molar-refractivity contribution in [2.24, 2.45) is 0 Å². The minimum absolute atomic E-state index is 0.0606. The fraction of sp³-hybridized carbons (Fsp3) is 0.579. The first-order valence-electron chi connectivity index (χ1n) is 9.30. The Balaban J connectivity index is 1.38. The van der Waals surface area contributed by atoms with Crippen molar-refractivity contribution in [3.05, 3.63) is 40.7 Å². The van der Waals surface area contributed by atoms with Crippen molar-refractivity contribution in [1.29, 1.82) is 0 Å². The molecule has 0 N–H and O–H groups in total. The molecule has 0 unspecified atom stereocenters. The highest BCUT2D eigenvalue weighted by atomic mass is 16.5. The van der Waals surface area contributed by atoms with Crippen molar-refractivity contribution >= 4 is 5.91 Å². The van der Waals surface area contributed by atoms with Crippen LogP contribution < -0.4 is 0 Å². The molecule has 3 heterocycles. The first-order chi connectivity index (χ1) is 12.7. The van der Waals surface area contributed by atoms with Crippen LogP contribution in [0.3, 0.4) is 0 Å². The summed E-state index contributed by atoms with van der Waals surface area (Å²) in [5.74, 6) is 1.74. The van der Waals surface area contributed by atoms with Crippen molar-refractivity contribution in [1.82, 2.24) is 15.0 Å². The molecular formula is C19H25N3O4. The molecule has 1 fully saturated rings. The zero-order valence-corrected chi connectivity index (χ0v) is 15.2. The first-order valence-corrected chi connectivity index (χ1v) is 9.30. The van der Waals surface area contributed by atoms with Crippen molar-refractivity contribution in [2.45, 2.75) is 38.8 Å². The molecule has 7 heteroatoms. The number of hydrogen-bond acceptors (Lipinski definition) is 6. The maximum Gasteiger partial charge on any atom is 0.257 e. The number of ether oxygens (including phenoxy) is 1. The summed E-state index contributed by atoms with van der Waals surface area (Å²) >= 11 is 0. The molecule has 0 saturated carbocycles. The number of aromatic nitrogens is 1. The molecule has 1 saturated heterocycles. The minimum Gasteiger partial charge on any atom is -0.467 e. The lowest BCUT2D eigenvalue weighted by Crippen LogP contribution is -2.35. The number of hydrogen-bond donors (Lipinski definition) is 0. The number of amides is 1. The predicted molar refractivity (Wildman–Crippen MR) is 93.7 cm³/mol. The lowest BCUT2D eigenvalue weighted by Gasteiger charge is -2.25. The van der Waals surface area contributed by atoms with Crippen LogP contribution in [0.25, 0.3) is 0 Å². The molecule has 140 valence electrons. The smallest absolute Gasteiger partial charge is 0.257 e. The third-order valence-electron chi connectivity index (χ3n) is 5.15. The molecule has 2 aliphatic rings. The van der Waals surface area contributed by atoms with Gasteiger partial charge in [0, 0.05) is 32.1 Å². The van der Waals surface area contributed by atoms with Crippen LogP contribution in [0, 0.1) is 0 Å². The summed E-state index contributed by atoms with van der Waals surface area (Å²) in [6.45, 7) is 4.44. The lowest BCUT2D eigenvalue weighted by molar-refractivity contribution is 0.0313. The van der Waals surface area contributed by atoms with Gasteiger partial charge < -0.3 is 18.6 Å². The molecule has 26 heavy (non-hydrogen) atoms. The van der Waals surface area contributed by atoms with E-state index in [0.717, 1.165) is 69.2 Å². The van der Waals surface area contributed by atoms with Gasteiger partial charge in [-0.2, -0.15) is 0 Å². The standard InChI is InChI=1S/C19H25N3O4/c1-21(12-17-16-4-2-3-5-18(16)26-20-17)19(23)14-10-15(25-13-14)11-22-6-8-24-9-7-22/h10,13H,2-9,11-12H2,1H3. The average Bonchev–Trinajstić information content (AvgIpc) is 3.29. The van der Waals surface area contributed by atoms with Gasteiger partial charge in [-0.25, -0.2) is 0 Å². The van der Waals surface area contributed by atoms with E-state index >= 15 is 0 Å². The topological polar surface area (TPSA) is 72.0 Å². The molecule has 1 aliphatic heterocycles. The van der Waals surface area contributed by atoms with Crippen LogP contribution in [-0.4, -0.2) is 54.2 Å². The van der Waals surface area contributed by atoms with Gasteiger partial charge in [0.15, 0.2) is 0 Å². The molecule has 0 atom stereocenters. The van der Waals surface area contributed by atoms with Crippen molar-refractivity contribution in [2.75, 3.05) is 33.4 Å². The highest BCUT2D eigenvalue weighted by Crippen LogP contribution is 2.25. The van der Waals surface area contributed by atoms with Crippen LogP contribution in [0.1, 0.15) is 46.0 Å². The summed E-state index contributed by atoms with van der Waals surface area (Å²) in [4.78, 5) is 16.7. The Labute approximate surface area is 152 Å². The zero-order valence-electron chi connectivity index (χ0n) is 15.2. The number of fused-ring (bicyclic) bond motifs is 1. The van der Waals surface area contributed by atoms with E-state index in [-0.39, 0.29) is 5.91 Å². The van der Waals surface area contributed by atoms with E-state index < -0.39 is 0 Å². The number of aryl methyl sites for hydroxylation is 1. The summed E-state index contributed by atoms with van der Waals surface area (Å²) in [6.07, 6.45) is 5.80. The van der Waals surface area contributed by atoms with Gasteiger partial charge in [-0.1, -0.05) is 5.16 Å². The van der Waals surface area contributed by atoms with Gasteiger partial charge >= 0.3 is 0 Å². The minimum atomic E-state index is -0.0606. The van der Waals surface area contributed by atoms with Gasteiger partial charge in [0.2, 0.25) is 0 Å². The molecule has 2 aromatic rings. The van der Waals surface area contributed by atoms with Gasteiger partial charge in [0.1, 0.15) is 23.5 Å². The Kier molecular flexibility index (Phi) is 5.08. The van der Waals surface area contributed by atoms with Crippen molar-refractivity contribution in [3.8, 4) is 0 Å². The second-order valence-electron chi connectivity index (χ2n) is 7.09. The van der Waals surface area contributed by atoms with E-state index in [1.54, 1.807) is 18.2 Å². The van der Waals surface area contributed by atoms with Crippen LogP contribution in [0.15, 0.2) is 21.3 Å². The molecule has 0 aromatic carbocycles. The predicted octanol–water partition coefficient (Wildman–Crippen LogP) is 2.25. The highest BCUT2D eigenvalue weighted by Gasteiger charge is 2.23. The molecule has 1 amide bonds. The summed E-state index contributed by atoms with van der Waals surface area (Å²) in [5.41, 5.74) is 2.65. The zero-order chi connectivity index (χ0) is 17.9. The monoisotopic (exact) mass is 359 g/mol. The molecular weight excluding hydrogens is 334 g/mol. The normalized spacial score (nSPS) is 17.9. The first kappa shape index (κ1) is 17.3. The third kappa shape index (κ3) is 3.68. The number of carbonyl (C=O) groups is 1. The van der Waals surface area contributed by atoms with Crippen LogP contribution >= 0.6 is 0 Å². The SMILES string of the molecule is CN(Cc1noc2c1CCCC2)C(=O)c1coc(CN2CCOCC2)c1. The molecule has 4 rings (SSSR count). The molecule has 0 bridgehead atoms. The summed E-state index contributed by atoms with van der Waals surface area (Å²) in [5, 5.41) is 4.19. The van der Waals surface area contributed by atoms with Crippen LogP contribution in [-0.2, 0) is 30.7 Å². The number of carbonyl (C=O) groups excluding carboxylic acids is 1.